The largest absolute Gasteiger partial charge is 0.494 e. The summed E-state index contributed by atoms with van der Waals surface area (Å²) in [5, 5.41) is 11.8. The average Bonchev–Trinajstić information content (AvgIpc) is 2.61. The minimum absolute atomic E-state index is 0.0847. The topological polar surface area (TPSA) is 75.6 Å². The lowest BCUT2D eigenvalue weighted by molar-refractivity contribution is -0.138. The monoisotopic (exact) mass is 363 g/mol. The van der Waals surface area contributed by atoms with Crippen LogP contribution in [0.2, 0.25) is 0 Å². The Morgan fingerprint density at radius 3 is 2.15 bits per heavy atom. The first-order valence-electron chi connectivity index (χ1n) is 8.09. The van der Waals surface area contributed by atoms with Crippen LogP contribution < -0.4 is 10.1 Å². The number of aliphatic carboxylic acids is 1. The molecule has 0 aliphatic rings. The normalized spacial score (nSPS) is 11.6. The van der Waals surface area contributed by atoms with Crippen LogP contribution in [0.25, 0.3) is 0 Å². The van der Waals surface area contributed by atoms with Gasteiger partial charge >= 0.3 is 5.97 Å². The third-order valence-corrected chi connectivity index (χ3v) is 3.70. The van der Waals surface area contributed by atoms with Gasteiger partial charge in [0, 0.05) is 13.0 Å². The molecule has 2 aromatic carbocycles. The zero-order valence-electron chi connectivity index (χ0n) is 14.0. The molecule has 2 aromatic rings. The van der Waals surface area contributed by atoms with Crippen molar-refractivity contribution in [3.8, 4) is 5.75 Å². The summed E-state index contributed by atoms with van der Waals surface area (Å²) in [4.78, 5) is 23.2. The third kappa shape index (κ3) is 6.16. The summed E-state index contributed by atoms with van der Waals surface area (Å²) in [6.45, 7) is 0.192. The van der Waals surface area contributed by atoms with E-state index < -0.39 is 17.7 Å². The molecular formula is C19H19F2NO4. The van der Waals surface area contributed by atoms with Crippen LogP contribution in [0.5, 0.6) is 5.75 Å². The average molecular weight is 363 g/mol. The highest BCUT2D eigenvalue weighted by atomic mass is 19.1. The molecule has 0 spiro atoms. The highest BCUT2D eigenvalue weighted by Crippen LogP contribution is 2.16. The first-order chi connectivity index (χ1) is 12.5. The van der Waals surface area contributed by atoms with E-state index in [0.29, 0.717) is 17.7 Å². The number of halogens is 2. The molecule has 0 aliphatic heterocycles. The van der Waals surface area contributed by atoms with Crippen LogP contribution in [0.1, 0.15) is 24.3 Å². The smallest absolute Gasteiger partial charge is 0.312 e. The first-order valence-corrected chi connectivity index (χ1v) is 8.09. The fourth-order valence-corrected chi connectivity index (χ4v) is 2.30. The van der Waals surface area contributed by atoms with E-state index >= 15 is 0 Å². The number of carboxylic acid groups (broad SMARTS) is 1. The van der Waals surface area contributed by atoms with Gasteiger partial charge in [0.1, 0.15) is 17.4 Å². The van der Waals surface area contributed by atoms with Crippen molar-refractivity contribution >= 4 is 11.9 Å². The number of carbonyl (C=O) groups excluding carboxylic acids is 1. The van der Waals surface area contributed by atoms with Crippen molar-refractivity contribution in [3.05, 3.63) is 65.7 Å². The maximum atomic E-state index is 12.9. The molecule has 5 nitrogen and oxygen atoms in total. The van der Waals surface area contributed by atoms with Crippen LogP contribution in [-0.4, -0.2) is 30.1 Å². The molecule has 2 rings (SSSR count). The van der Waals surface area contributed by atoms with Gasteiger partial charge in [-0.15, -0.1) is 0 Å². The summed E-state index contributed by atoms with van der Waals surface area (Å²) in [5.41, 5.74) is 0.416. The lowest BCUT2D eigenvalue weighted by Crippen LogP contribution is -2.31. The Hall–Kier alpha value is -2.96. The number of benzene rings is 2. The molecule has 0 saturated heterocycles. The Bertz CT molecular complexity index is 732. The highest BCUT2D eigenvalue weighted by molar-refractivity contribution is 5.79. The van der Waals surface area contributed by atoms with Gasteiger partial charge in [0.25, 0.3) is 0 Å². The maximum Gasteiger partial charge on any atom is 0.312 e. The fourth-order valence-electron chi connectivity index (χ4n) is 2.30. The van der Waals surface area contributed by atoms with Crippen molar-refractivity contribution in [2.75, 3.05) is 13.2 Å². The van der Waals surface area contributed by atoms with E-state index in [-0.39, 0.29) is 31.3 Å². The molecule has 0 radical (unpaired) electrons. The summed E-state index contributed by atoms with van der Waals surface area (Å²) in [5.74, 6) is -2.66. The van der Waals surface area contributed by atoms with Gasteiger partial charge in [-0.2, -0.15) is 0 Å². The molecule has 0 bridgehead atoms. The van der Waals surface area contributed by atoms with E-state index in [0.717, 1.165) is 0 Å². The Balaban J connectivity index is 1.73. The molecule has 138 valence electrons. The van der Waals surface area contributed by atoms with Gasteiger partial charge in [0.2, 0.25) is 5.91 Å². The summed E-state index contributed by atoms with van der Waals surface area (Å²) in [7, 11) is 0. The van der Waals surface area contributed by atoms with Crippen LogP contribution in [0.15, 0.2) is 48.5 Å². The predicted molar refractivity (Wildman–Crippen MR) is 90.9 cm³/mol. The van der Waals surface area contributed by atoms with Gasteiger partial charge < -0.3 is 15.2 Å². The van der Waals surface area contributed by atoms with Crippen molar-refractivity contribution < 1.29 is 28.2 Å². The summed E-state index contributed by atoms with van der Waals surface area (Å²) >= 11 is 0. The second kappa shape index (κ2) is 9.50. The molecule has 2 N–H and O–H groups in total. The Kier molecular flexibility index (Phi) is 7.08. The van der Waals surface area contributed by atoms with Crippen LogP contribution in [0.3, 0.4) is 0 Å². The number of carboxylic acids is 1. The fraction of sp³-hybridized carbons (Fsp3) is 0.263. The summed E-state index contributed by atoms with van der Waals surface area (Å²) < 4.78 is 31.1. The van der Waals surface area contributed by atoms with E-state index in [1.165, 1.54) is 48.5 Å². The van der Waals surface area contributed by atoms with E-state index in [9.17, 15) is 23.5 Å². The van der Waals surface area contributed by atoms with Crippen LogP contribution in [-0.2, 0) is 9.59 Å². The molecule has 1 unspecified atom stereocenters. The van der Waals surface area contributed by atoms with Gasteiger partial charge in [0.05, 0.1) is 12.5 Å². The number of nitrogens with one attached hydrogen (secondary N) is 1. The number of hydrogen-bond donors (Lipinski definition) is 2. The molecule has 0 aromatic heterocycles. The minimum Gasteiger partial charge on any atom is -0.494 e. The quantitative estimate of drug-likeness (QED) is 0.672. The maximum absolute atomic E-state index is 12.9. The van der Waals surface area contributed by atoms with E-state index in [1.54, 1.807) is 0 Å². The zero-order valence-corrected chi connectivity index (χ0v) is 14.0. The van der Waals surface area contributed by atoms with Crippen LogP contribution in [0.4, 0.5) is 8.78 Å². The highest BCUT2D eigenvalue weighted by Gasteiger charge is 2.20. The van der Waals surface area contributed by atoms with Crippen LogP contribution >= 0.6 is 0 Å². The van der Waals surface area contributed by atoms with Crippen molar-refractivity contribution in [2.45, 2.75) is 18.8 Å². The predicted octanol–water partition coefficient (Wildman–Crippen LogP) is 3.11. The molecule has 0 aliphatic carbocycles. The molecule has 0 heterocycles. The molecule has 1 atom stereocenters. The summed E-state index contributed by atoms with van der Waals surface area (Å²) in [6, 6.07) is 10.7. The van der Waals surface area contributed by atoms with Crippen molar-refractivity contribution in [2.24, 2.45) is 0 Å². The number of carbonyl (C=O) groups is 2. The second-order valence-corrected chi connectivity index (χ2v) is 5.65. The SMILES string of the molecule is O=C(CCCOc1ccc(F)cc1)NCC(C(=O)O)c1ccc(F)cc1. The lowest BCUT2D eigenvalue weighted by Gasteiger charge is -2.14. The number of ether oxygens (including phenoxy) is 1. The summed E-state index contributed by atoms with van der Waals surface area (Å²) in [6.07, 6.45) is 0.592. The molecule has 26 heavy (non-hydrogen) atoms. The van der Waals surface area contributed by atoms with Crippen LogP contribution in [0, 0.1) is 11.6 Å². The Morgan fingerprint density at radius 2 is 1.58 bits per heavy atom. The number of amides is 1. The van der Waals surface area contributed by atoms with Crippen molar-refractivity contribution in [3.63, 3.8) is 0 Å². The standard InChI is InChI=1S/C19H19F2NO4/c20-14-5-3-13(4-6-14)17(19(24)25)12-22-18(23)2-1-11-26-16-9-7-15(21)8-10-16/h3-10,17H,1-2,11-12H2,(H,22,23)(H,24,25). The lowest BCUT2D eigenvalue weighted by atomic mass is 9.99. The molecular weight excluding hydrogens is 344 g/mol. The second-order valence-electron chi connectivity index (χ2n) is 5.65. The van der Waals surface area contributed by atoms with Gasteiger partial charge in [-0.3, -0.25) is 9.59 Å². The van der Waals surface area contributed by atoms with E-state index in [1.807, 2.05) is 0 Å². The molecule has 0 fully saturated rings. The first kappa shape index (κ1) is 19.4. The number of rotatable bonds is 9. The Labute approximate surface area is 149 Å². The molecule has 7 heteroatoms. The van der Waals surface area contributed by atoms with Crippen molar-refractivity contribution in [1.82, 2.24) is 5.32 Å². The third-order valence-electron chi connectivity index (χ3n) is 3.70. The van der Waals surface area contributed by atoms with Crippen molar-refractivity contribution in [1.29, 1.82) is 0 Å². The number of hydrogen-bond acceptors (Lipinski definition) is 3. The van der Waals surface area contributed by atoms with Gasteiger partial charge in [-0.25, -0.2) is 8.78 Å². The van der Waals surface area contributed by atoms with E-state index in [4.69, 9.17) is 4.74 Å². The zero-order chi connectivity index (χ0) is 18.9. The van der Waals surface area contributed by atoms with Gasteiger partial charge in [0.15, 0.2) is 0 Å². The molecule has 0 saturated carbocycles. The van der Waals surface area contributed by atoms with E-state index in [2.05, 4.69) is 5.32 Å². The van der Waals surface area contributed by atoms with Gasteiger partial charge in [-0.1, -0.05) is 12.1 Å². The minimum atomic E-state index is -1.10. The van der Waals surface area contributed by atoms with Gasteiger partial charge in [-0.05, 0) is 48.4 Å². The Morgan fingerprint density at radius 1 is 1.00 bits per heavy atom. The molecule has 1 amide bonds.